The smallest absolute Gasteiger partial charge is 0.253 e. The lowest BCUT2D eigenvalue weighted by molar-refractivity contribution is -0.141. The molecule has 0 unspecified atom stereocenters. The third-order valence-electron chi connectivity index (χ3n) is 9.44. The second-order valence-electron chi connectivity index (χ2n) is 13.0. The number of carbonyl (C=O) groups is 3. The number of fused-ring (bicyclic) bond motifs is 4. The summed E-state index contributed by atoms with van der Waals surface area (Å²) in [5.74, 6) is 1.68. The molecule has 3 heterocycles. The number of phenolic OH excluding ortho intramolecular Hbond substituents is 1. The summed E-state index contributed by atoms with van der Waals surface area (Å²) in [5.41, 5.74) is 2.54. The molecular formula is C34H45N3O4. The van der Waals surface area contributed by atoms with E-state index in [1.165, 1.54) is 0 Å². The molecular weight excluding hydrogens is 514 g/mol. The summed E-state index contributed by atoms with van der Waals surface area (Å²) in [6.45, 7) is 8.42. The van der Waals surface area contributed by atoms with E-state index in [2.05, 4.69) is 31.0 Å². The number of nitrogens with zero attached hydrogens (tertiary/aromatic N) is 2. The Morgan fingerprint density at radius 3 is 2.51 bits per heavy atom. The van der Waals surface area contributed by atoms with Crippen LogP contribution >= 0.6 is 0 Å². The Labute approximate surface area is 244 Å². The molecule has 2 bridgehead atoms. The molecule has 2 aromatic carbocycles. The summed E-state index contributed by atoms with van der Waals surface area (Å²) in [6, 6.07) is 14.9. The van der Waals surface area contributed by atoms with E-state index in [1.54, 1.807) is 12.1 Å². The number of piperidine rings is 2. The number of rotatable bonds is 3. The third-order valence-corrected chi connectivity index (χ3v) is 9.44. The van der Waals surface area contributed by atoms with E-state index in [0.29, 0.717) is 44.0 Å². The van der Waals surface area contributed by atoms with Gasteiger partial charge in [0.15, 0.2) is 0 Å². The first-order chi connectivity index (χ1) is 19.7. The van der Waals surface area contributed by atoms with Crippen molar-refractivity contribution in [1.82, 2.24) is 15.1 Å². The fourth-order valence-electron chi connectivity index (χ4n) is 7.14. The van der Waals surface area contributed by atoms with Gasteiger partial charge in [-0.05, 0) is 91.2 Å². The largest absolute Gasteiger partial charge is 0.508 e. The molecule has 220 valence electrons. The van der Waals surface area contributed by atoms with Gasteiger partial charge in [-0.2, -0.15) is 0 Å². The molecule has 0 spiro atoms. The number of benzene rings is 2. The molecule has 0 radical (unpaired) electrons. The minimum atomic E-state index is 0.0254. The molecule has 3 aliphatic heterocycles. The molecule has 5 rings (SSSR count). The standard InChI is InChI=1S/C34H45N3O4/c1-22(2)30-15-10-23(3)16-33(40)37-20-24-17-28(31(37)8-5-9-32(39)35-30)21-36(19-24)34(41)27-7-4-6-26(18-27)25-11-13-29(38)14-12-25/h4,6-7,11-14,18,22-24,28,30-31,38H,5,8-10,15-17,19-21H2,1-3H3,(H,35,39)/t23-,24+,28-,30+,31+/m1/s1. The summed E-state index contributed by atoms with van der Waals surface area (Å²) in [4.78, 5) is 44.3. The van der Waals surface area contributed by atoms with Gasteiger partial charge < -0.3 is 20.2 Å². The maximum Gasteiger partial charge on any atom is 0.253 e. The van der Waals surface area contributed by atoms with Gasteiger partial charge in [0, 0.05) is 50.1 Å². The predicted octanol–water partition coefficient (Wildman–Crippen LogP) is 5.48. The quantitative estimate of drug-likeness (QED) is 0.521. The highest BCUT2D eigenvalue weighted by Gasteiger charge is 2.43. The minimum Gasteiger partial charge on any atom is -0.508 e. The lowest BCUT2D eigenvalue weighted by Crippen LogP contribution is -2.60. The molecule has 7 nitrogen and oxygen atoms in total. The maximum absolute atomic E-state index is 13.8. The van der Waals surface area contributed by atoms with Gasteiger partial charge in [-0.25, -0.2) is 0 Å². The number of likely N-dealkylation sites (tertiary alicyclic amines) is 1. The van der Waals surface area contributed by atoms with Gasteiger partial charge in [0.1, 0.15) is 5.75 Å². The van der Waals surface area contributed by atoms with Crippen molar-refractivity contribution in [3.05, 3.63) is 54.1 Å². The van der Waals surface area contributed by atoms with E-state index in [0.717, 1.165) is 43.2 Å². The number of phenols is 1. The zero-order valence-electron chi connectivity index (χ0n) is 24.7. The normalized spacial score (nSPS) is 27.8. The lowest BCUT2D eigenvalue weighted by atomic mass is 9.77. The van der Waals surface area contributed by atoms with Gasteiger partial charge in [-0.1, -0.05) is 45.0 Å². The third kappa shape index (κ3) is 6.94. The molecule has 3 fully saturated rings. The number of aromatic hydroxyl groups is 1. The monoisotopic (exact) mass is 559 g/mol. The van der Waals surface area contributed by atoms with Crippen LogP contribution in [0.4, 0.5) is 0 Å². The van der Waals surface area contributed by atoms with Crippen LogP contribution in [0.5, 0.6) is 5.75 Å². The summed E-state index contributed by atoms with van der Waals surface area (Å²) < 4.78 is 0. The lowest BCUT2D eigenvalue weighted by Gasteiger charge is -2.51. The van der Waals surface area contributed by atoms with Crippen LogP contribution in [0.25, 0.3) is 11.1 Å². The molecule has 7 heteroatoms. The van der Waals surface area contributed by atoms with Crippen molar-refractivity contribution in [2.24, 2.45) is 23.7 Å². The fraction of sp³-hybridized carbons (Fsp3) is 0.559. The molecule has 3 aliphatic rings. The Kier molecular flexibility index (Phi) is 9.00. The topological polar surface area (TPSA) is 90.0 Å². The van der Waals surface area contributed by atoms with Gasteiger partial charge in [0.2, 0.25) is 11.8 Å². The summed E-state index contributed by atoms with van der Waals surface area (Å²) in [7, 11) is 0. The average molecular weight is 560 g/mol. The van der Waals surface area contributed by atoms with Crippen LogP contribution in [0, 0.1) is 23.7 Å². The Balaban J connectivity index is 1.32. The number of hydrogen-bond donors (Lipinski definition) is 2. The summed E-state index contributed by atoms with van der Waals surface area (Å²) in [6.07, 6.45) is 5.38. The van der Waals surface area contributed by atoms with Crippen LogP contribution < -0.4 is 5.32 Å². The van der Waals surface area contributed by atoms with Gasteiger partial charge >= 0.3 is 0 Å². The first kappa shape index (κ1) is 29.2. The highest BCUT2D eigenvalue weighted by Crippen LogP contribution is 2.37. The van der Waals surface area contributed by atoms with Gasteiger partial charge in [0.05, 0.1) is 0 Å². The second kappa shape index (κ2) is 12.7. The average Bonchev–Trinajstić information content (AvgIpc) is 2.96. The van der Waals surface area contributed by atoms with Gasteiger partial charge in [-0.15, -0.1) is 0 Å². The Morgan fingerprint density at radius 1 is 0.976 bits per heavy atom. The Hall–Kier alpha value is -3.35. The SMILES string of the molecule is CC(C)[C@@H]1CC[C@@H](C)CC(=O)N2C[C@H]3C[C@H](CN(C(=O)c4cccc(-c5ccc(O)cc5)c4)C3)[C@@H]2CCCC(=O)N1. The molecule has 3 saturated heterocycles. The molecule has 3 amide bonds. The molecule has 0 saturated carbocycles. The fourth-order valence-corrected chi connectivity index (χ4v) is 7.14. The number of nitrogens with one attached hydrogen (secondary N) is 1. The zero-order chi connectivity index (χ0) is 29.1. The van der Waals surface area contributed by atoms with E-state index >= 15 is 0 Å². The summed E-state index contributed by atoms with van der Waals surface area (Å²) in [5, 5.41) is 12.9. The molecule has 2 aromatic rings. The van der Waals surface area contributed by atoms with Crippen molar-refractivity contribution < 1.29 is 19.5 Å². The zero-order valence-corrected chi connectivity index (χ0v) is 24.7. The molecule has 0 aromatic heterocycles. The van der Waals surface area contributed by atoms with Gasteiger partial charge in [0.25, 0.3) is 5.91 Å². The van der Waals surface area contributed by atoms with Crippen LogP contribution in [0.1, 0.15) is 76.1 Å². The van der Waals surface area contributed by atoms with Crippen molar-refractivity contribution >= 4 is 17.7 Å². The van der Waals surface area contributed by atoms with Crippen molar-refractivity contribution in [2.45, 2.75) is 77.8 Å². The van der Waals surface area contributed by atoms with E-state index in [9.17, 15) is 19.5 Å². The maximum atomic E-state index is 13.8. The van der Waals surface area contributed by atoms with Crippen molar-refractivity contribution in [1.29, 1.82) is 0 Å². The van der Waals surface area contributed by atoms with Crippen molar-refractivity contribution in [3.8, 4) is 16.9 Å². The van der Waals surface area contributed by atoms with E-state index in [-0.39, 0.29) is 53.3 Å². The summed E-state index contributed by atoms with van der Waals surface area (Å²) >= 11 is 0. The van der Waals surface area contributed by atoms with Crippen molar-refractivity contribution in [2.75, 3.05) is 19.6 Å². The molecule has 41 heavy (non-hydrogen) atoms. The molecule has 5 atom stereocenters. The highest BCUT2D eigenvalue weighted by atomic mass is 16.3. The highest BCUT2D eigenvalue weighted by molar-refractivity contribution is 5.95. The van der Waals surface area contributed by atoms with Gasteiger partial charge in [-0.3, -0.25) is 14.4 Å². The van der Waals surface area contributed by atoms with Crippen molar-refractivity contribution in [3.63, 3.8) is 0 Å². The first-order valence-corrected chi connectivity index (χ1v) is 15.5. The van der Waals surface area contributed by atoms with E-state index in [1.807, 2.05) is 41.3 Å². The number of amides is 3. The van der Waals surface area contributed by atoms with E-state index < -0.39 is 0 Å². The van der Waals surface area contributed by atoms with Crippen LogP contribution in [-0.2, 0) is 9.59 Å². The molecule has 0 aliphatic carbocycles. The van der Waals surface area contributed by atoms with Crippen LogP contribution in [-0.4, -0.2) is 64.3 Å². The molecule has 2 N–H and O–H groups in total. The number of carbonyl (C=O) groups excluding carboxylic acids is 3. The van der Waals surface area contributed by atoms with Crippen LogP contribution in [0.3, 0.4) is 0 Å². The minimum absolute atomic E-state index is 0.0254. The van der Waals surface area contributed by atoms with Crippen LogP contribution in [0.15, 0.2) is 48.5 Å². The Morgan fingerprint density at radius 2 is 1.76 bits per heavy atom. The second-order valence-corrected chi connectivity index (χ2v) is 13.0. The predicted molar refractivity (Wildman–Crippen MR) is 160 cm³/mol. The van der Waals surface area contributed by atoms with Crippen LogP contribution in [0.2, 0.25) is 0 Å². The number of hydrogen-bond acceptors (Lipinski definition) is 4. The Bertz CT molecular complexity index is 1240. The first-order valence-electron chi connectivity index (χ1n) is 15.5. The van der Waals surface area contributed by atoms with E-state index in [4.69, 9.17) is 0 Å².